The molecule has 1 saturated heterocycles. The Balaban J connectivity index is 1.70. The van der Waals surface area contributed by atoms with E-state index in [4.69, 9.17) is 11.6 Å². The van der Waals surface area contributed by atoms with Crippen molar-refractivity contribution in [2.75, 3.05) is 16.8 Å². The second-order valence-electron chi connectivity index (χ2n) is 5.85. The molecule has 0 spiro atoms. The van der Waals surface area contributed by atoms with Crippen LogP contribution in [0.25, 0.3) is 0 Å². The zero-order chi connectivity index (χ0) is 17.3. The van der Waals surface area contributed by atoms with Crippen LogP contribution in [0.2, 0.25) is 5.02 Å². The highest BCUT2D eigenvalue weighted by Crippen LogP contribution is 2.29. The van der Waals surface area contributed by atoms with Gasteiger partial charge in [-0.15, -0.1) is 0 Å². The van der Waals surface area contributed by atoms with E-state index >= 15 is 0 Å². The molecule has 1 atom stereocenters. The molecule has 3 rings (SSSR count). The second-order valence-corrected chi connectivity index (χ2v) is 7.15. The van der Waals surface area contributed by atoms with E-state index in [0.29, 0.717) is 17.3 Å². The smallest absolute Gasteiger partial charge is 0.229 e. The first-order chi connectivity index (χ1) is 11.4. The van der Waals surface area contributed by atoms with Crippen LogP contribution in [0.4, 0.5) is 11.4 Å². The molecule has 1 aliphatic heterocycles. The minimum atomic E-state index is -0.374. The van der Waals surface area contributed by atoms with Crippen molar-refractivity contribution in [1.82, 2.24) is 0 Å². The average Bonchev–Trinajstić information content (AvgIpc) is 2.93. The highest BCUT2D eigenvalue weighted by molar-refractivity contribution is 9.10. The Morgan fingerprint density at radius 1 is 1.25 bits per heavy atom. The lowest BCUT2D eigenvalue weighted by Gasteiger charge is -2.17. The molecule has 1 fully saturated rings. The van der Waals surface area contributed by atoms with Crippen molar-refractivity contribution in [1.29, 1.82) is 0 Å². The summed E-state index contributed by atoms with van der Waals surface area (Å²) in [5.74, 6) is -0.578. The molecule has 0 bridgehead atoms. The third-order valence-corrected chi connectivity index (χ3v) is 4.92. The van der Waals surface area contributed by atoms with E-state index in [1.54, 1.807) is 29.2 Å². The number of carbonyl (C=O) groups is 2. The molecule has 0 aromatic heterocycles. The molecule has 24 heavy (non-hydrogen) atoms. The van der Waals surface area contributed by atoms with Gasteiger partial charge in [0.25, 0.3) is 0 Å². The van der Waals surface area contributed by atoms with Gasteiger partial charge in [-0.3, -0.25) is 9.59 Å². The SMILES string of the molecule is Cc1ccc(NC(=O)[C@H]2CC(=O)N(c3ccc(Cl)cc3)C2)c(Br)c1. The van der Waals surface area contributed by atoms with E-state index in [2.05, 4.69) is 21.2 Å². The Kier molecular flexibility index (Phi) is 4.92. The topological polar surface area (TPSA) is 49.4 Å². The van der Waals surface area contributed by atoms with Gasteiger partial charge in [0.1, 0.15) is 0 Å². The van der Waals surface area contributed by atoms with Crippen LogP contribution < -0.4 is 10.2 Å². The summed E-state index contributed by atoms with van der Waals surface area (Å²) in [7, 11) is 0. The number of nitrogens with zero attached hydrogens (tertiary/aromatic N) is 1. The van der Waals surface area contributed by atoms with Gasteiger partial charge in [-0.25, -0.2) is 0 Å². The first kappa shape index (κ1) is 17.0. The fourth-order valence-corrected chi connectivity index (χ4v) is 3.43. The number of nitrogens with one attached hydrogen (secondary N) is 1. The first-order valence-electron chi connectivity index (χ1n) is 7.57. The van der Waals surface area contributed by atoms with Gasteiger partial charge in [0.15, 0.2) is 0 Å². The number of rotatable bonds is 3. The van der Waals surface area contributed by atoms with Crippen molar-refractivity contribution < 1.29 is 9.59 Å². The molecule has 6 heteroatoms. The van der Waals surface area contributed by atoms with Gasteiger partial charge in [-0.05, 0) is 64.8 Å². The summed E-state index contributed by atoms with van der Waals surface area (Å²) in [6.45, 7) is 2.35. The number of hydrogen-bond acceptors (Lipinski definition) is 2. The maximum Gasteiger partial charge on any atom is 0.229 e. The zero-order valence-corrected chi connectivity index (χ0v) is 15.4. The third-order valence-electron chi connectivity index (χ3n) is 4.02. The quantitative estimate of drug-likeness (QED) is 0.819. The standard InChI is InChI=1S/C18H16BrClN2O2/c1-11-2-7-16(15(19)8-11)21-18(24)12-9-17(23)22(10-12)14-5-3-13(20)4-6-14/h2-8,12H,9-10H2,1H3,(H,21,24)/t12-/m0/s1. The highest BCUT2D eigenvalue weighted by Gasteiger charge is 2.35. The average molecular weight is 408 g/mol. The van der Waals surface area contributed by atoms with E-state index in [9.17, 15) is 9.59 Å². The molecule has 0 radical (unpaired) electrons. The van der Waals surface area contributed by atoms with E-state index in [1.807, 2.05) is 25.1 Å². The minimum absolute atomic E-state index is 0.0551. The molecule has 1 aliphatic rings. The van der Waals surface area contributed by atoms with Gasteiger partial charge < -0.3 is 10.2 Å². The summed E-state index contributed by atoms with van der Waals surface area (Å²) in [6.07, 6.45) is 0.206. The van der Waals surface area contributed by atoms with Crippen LogP contribution in [0.5, 0.6) is 0 Å². The lowest BCUT2D eigenvalue weighted by Crippen LogP contribution is -2.28. The number of aryl methyl sites for hydroxylation is 1. The number of anilines is 2. The Bertz CT molecular complexity index is 792. The molecule has 1 heterocycles. The van der Waals surface area contributed by atoms with Gasteiger partial charge >= 0.3 is 0 Å². The van der Waals surface area contributed by atoms with E-state index in [0.717, 1.165) is 15.7 Å². The normalized spacial score (nSPS) is 17.2. The van der Waals surface area contributed by atoms with Crippen LogP contribution >= 0.6 is 27.5 Å². The summed E-state index contributed by atoms with van der Waals surface area (Å²) in [5.41, 5.74) is 2.57. The largest absolute Gasteiger partial charge is 0.325 e. The maximum absolute atomic E-state index is 12.5. The summed E-state index contributed by atoms with van der Waals surface area (Å²) in [6, 6.07) is 12.8. The molecule has 4 nitrogen and oxygen atoms in total. The van der Waals surface area contributed by atoms with Crippen molar-refractivity contribution in [2.24, 2.45) is 5.92 Å². The van der Waals surface area contributed by atoms with Crippen LogP contribution in [0.15, 0.2) is 46.9 Å². The molecule has 124 valence electrons. The molecule has 1 N–H and O–H groups in total. The van der Waals surface area contributed by atoms with E-state index in [-0.39, 0.29) is 24.2 Å². The van der Waals surface area contributed by atoms with Crippen molar-refractivity contribution in [3.8, 4) is 0 Å². The highest BCUT2D eigenvalue weighted by atomic mass is 79.9. The summed E-state index contributed by atoms with van der Waals surface area (Å²) < 4.78 is 0.828. The third kappa shape index (κ3) is 3.62. The monoisotopic (exact) mass is 406 g/mol. The molecule has 0 unspecified atom stereocenters. The first-order valence-corrected chi connectivity index (χ1v) is 8.74. The number of halogens is 2. The minimum Gasteiger partial charge on any atom is -0.325 e. The Morgan fingerprint density at radius 2 is 1.96 bits per heavy atom. The molecule has 0 saturated carbocycles. The van der Waals surface area contributed by atoms with E-state index < -0.39 is 0 Å². The lowest BCUT2D eigenvalue weighted by molar-refractivity contribution is -0.122. The zero-order valence-electron chi connectivity index (χ0n) is 13.1. The second kappa shape index (κ2) is 6.95. The molecular formula is C18H16BrClN2O2. The molecular weight excluding hydrogens is 392 g/mol. The molecule has 2 aromatic carbocycles. The maximum atomic E-state index is 12.5. The van der Waals surface area contributed by atoms with Gasteiger partial charge in [-0.2, -0.15) is 0 Å². The van der Waals surface area contributed by atoms with Gasteiger partial charge in [0.2, 0.25) is 11.8 Å². The van der Waals surface area contributed by atoms with Crippen LogP contribution in [0, 0.1) is 12.8 Å². The van der Waals surface area contributed by atoms with Crippen LogP contribution in [-0.2, 0) is 9.59 Å². The Hall–Kier alpha value is -1.85. The summed E-state index contributed by atoms with van der Waals surface area (Å²) >= 11 is 9.32. The van der Waals surface area contributed by atoms with E-state index in [1.165, 1.54) is 0 Å². The molecule has 0 aliphatic carbocycles. The Morgan fingerprint density at radius 3 is 2.62 bits per heavy atom. The predicted octanol–water partition coefficient (Wildman–Crippen LogP) is 4.40. The van der Waals surface area contributed by atoms with Crippen LogP contribution in [-0.4, -0.2) is 18.4 Å². The van der Waals surface area contributed by atoms with Crippen LogP contribution in [0.3, 0.4) is 0 Å². The van der Waals surface area contributed by atoms with Gasteiger partial charge in [0.05, 0.1) is 11.6 Å². The number of benzene rings is 2. The van der Waals surface area contributed by atoms with Gasteiger partial charge in [-0.1, -0.05) is 17.7 Å². The summed E-state index contributed by atoms with van der Waals surface area (Å²) in [4.78, 5) is 26.4. The van der Waals surface area contributed by atoms with Crippen LogP contribution in [0.1, 0.15) is 12.0 Å². The predicted molar refractivity (Wildman–Crippen MR) is 99.4 cm³/mol. The number of hydrogen-bond donors (Lipinski definition) is 1. The van der Waals surface area contributed by atoms with Crippen molar-refractivity contribution >= 4 is 50.7 Å². The van der Waals surface area contributed by atoms with Crippen molar-refractivity contribution in [2.45, 2.75) is 13.3 Å². The summed E-state index contributed by atoms with van der Waals surface area (Å²) in [5, 5.41) is 3.51. The molecule has 2 amide bonds. The Labute approximate surface area is 153 Å². The molecule has 2 aromatic rings. The fraction of sp³-hybridized carbons (Fsp3) is 0.222. The van der Waals surface area contributed by atoms with Crippen molar-refractivity contribution in [3.63, 3.8) is 0 Å². The fourth-order valence-electron chi connectivity index (χ4n) is 2.71. The van der Waals surface area contributed by atoms with Gasteiger partial charge in [0, 0.05) is 28.1 Å². The number of carbonyl (C=O) groups excluding carboxylic acids is 2. The number of amides is 2. The van der Waals surface area contributed by atoms with Crippen molar-refractivity contribution in [3.05, 3.63) is 57.5 Å². The lowest BCUT2D eigenvalue weighted by atomic mass is 10.1.